The molecule has 2 N–H and O–H groups in total. The molecule has 0 aliphatic rings. The molecular formula is C12H19N3O2. The van der Waals surface area contributed by atoms with Crippen molar-refractivity contribution in [3.63, 3.8) is 0 Å². The molecule has 0 fully saturated rings. The lowest BCUT2D eigenvalue weighted by Crippen LogP contribution is -2.27. The second-order valence-corrected chi connectivity index (χ2v) is 5.27. The molecule has 1 unspecified atom stereocenters. The molecule has 5 heteroatoms. The molecule has 0 bridgehead atoms. The summed E-state index contributed by atoms with van der Waals surface area (Å²) in [6.45, 7) is 6.47. The van der Waals surface area contributed by atoms with Crippen LogP contribution < -0.4 is 5.32 Å². The largest absolute Gasteiger partial charge is 0.481 e. The number of aliphatic carboxylic acids is 1. The molecule has 94 valence electrons. The molecule has 0 saturated carbocycles. The van der Waals surface area contributed by atoms with Gasteiger partial charge < -0.3 is 10.4 Å². The van der Waals surface area contributed by atoms with E-state index in [0.29, 0.717) is 18.8 Å². The molecule has 1 rings (SSSR count). The van der Waals surface area contributed by atoms with Crippen LogP contribution in [0.3, 0.4) is 0 Å². The van der Waals surface area contributed by atoms with Gasteiger partial charge in [0.05, 0.1) is 12.1 Å². The normalized spacial score (nSPS) is 13.1. The monoisotopic (exact) mass is 237 g/mol. The maximum absolute atomic E-state index is 11.1. The Morgan fingerprint density at radius 3 is 2.65 bits per heavy atom. The van der Waals surface area contributed by atoms with Crippen LogP contribution in [0.15, 0.2) is 18.6 Å². The molecule has 17 heavy (non-hydrogen) atoms. The predicted octanol–water partition coefficient (Wildman–Crippen LogP) is 2.03. The highest BCUT2D eigenvalue weighted by Crippen LogP contribution is 2.24. The van der Waals surface area contributed by atoms with Crippen LogP contribution in [0.2, 0.25) is 0 Å². The molecular weight excluding hydrogens is 218 g/mol. The number of aromatic nitrogens is 2. The van der Waals surface area contributed by atoms with E-state index in [9.17, 15) is 4.79 Å². The quantitative estimate of drug-likeness (QED) is 0.819. The van der Waals surface area contributed by atoms with Crippen LogP contribution in [0.4, 0.5) is 5.82 Å². The van der Waals surface area contributed by atoms with Gasteiger partial charge in [-0.15, -0.1) is 0 Å². The number of hydrogen-bond acceptors (Lipinski definition) is 4. The minimum Gasteiger partial charge on any atom is -0.481 e. The zero-order chi connectivity index (χ0) is 12.9. The zero-order valence-corrected chi connectivity index (χ0v) is 10.5. The van der Waals surface area contributed by atoms with Crippen molar-refractivity contribution >= 4 is 11.8 Å². The lowest BCUT2D eigenvalue weighted by molar-refractivity contribution is -0.142. The summed E-state index contributed by atoms with van der Waals surface area (Å²) in [5, 5.41) is 12.1. The van der Waals surface area contributed by atoms with Crippen LogP contribution in [0.1, 0.15) is 27.2 Å². The number of carbonyl (C=O) groups is 1. The summed E-state index contributed by atoms with van der Waals surface area (Å²) in [5.41, 5.74) is -0.00684. The van der Waals surface area contributed by atoms with Crippen molar-refractivity contribution in [3.8, 4) is 0 Å². The van der Waals surface area contributed by atoms with Crippen molar-refractivity contribution in [1.82, 2.24) is 9.97 Å². The first-order chi connectivity index (χ1) is 7.88. The van der Waals surface area contributed by atoms with Crippen LogP contribution in [0.25, 0.3) is 0 Å². The first kappa shape index (κ1) is 13.4. The number of nitrogens with zero attached hydrogens (tertiary/aromatic N) is 2. The lowest BCUT2D eigenvalue weighted by atomic mass is 9.84. The topological polar surface area (TPSA) is 75.1 Å². The predicted molar refractivity (Wildman–Crippen MR) is 65.7 cm³/mol. The summed E-state index contributed by atoms with van der Waals surface area (Å²) in [6.07, 6.45) is 5.35. The molecule has 1 heterocycles. The van der Waals surface area contributed by atoms with E-state index in [1.54, 1.807) is 18.6 Å². The molecule has 0 aliphatic carbocycles. The van der Waals surface area contributed by atoms with Gasteiger partial charge in [0.2, 0.25) is 0 Å². The van der Waals surface area contributed by atoms with Crippen molar-refractivity contribution in [2.75, 3.05) is 11.9 Å². The van der Waals surface area contributed by atoms with Gasteiger partial charge in [0.25, 0.3) is 0 Å². The van der Waals surface area contributed by atoms with E-state index in [2.05, 4.69) is 15.3 Å². The van der Waals surface area contributed by atoms with Crippen molar-refractivity contribution in [2.24, 2.45) is 11.3 Å². The maximum atomic E-state index is 11.1. The van der Waals surface area contributed by atoms with Gasteiger partial charge in [-0.3, -0.25) is 9.78 Å². The van der Waals surface area contributed by atoms with Gasteiger partial charge in [-0.25, -0.2) is 4.98 Å². The summed E-state index contributed by atoms with van der Waals surface area (Å²) in [7, 11) is 0. The summed E-state index contributed by atoms with van der Waals surface area (Å²) in [6, 6.07) is 0. The maximum Gasteiger partial charge on any atom is 0.308 e. The third-order valence-electron chi connectivity index (χ3n) is 2.30. The van der Waals surface area contributed by atoms with Crippen LogP contribution >= 0.6 is 0 Å². The fraction of sp³-hybridized carbons (Fsp3) is 0.583. The molecule has 0 spiro atoms. The fourth-order valence-electron chi connectivity index (χ4n) is 1.60. The Bertz CT molecular complexity index is 360. The van der Waals surface area contributed by atoms with Gasteiger partial charge in [-0.2, -0.15) is 0 Å². The number of anilines is 1. The van der Waals surface area contributed by atoms with Crippen molar-refractivity contribution < 1.29 is 9.90 Å². The Morgan fingerprint density at radius 2 is 2.18 bits per heavy atom. The SMILES string of the molecule is CC(C)(C)CC(CNc1cnccn1)C(=O)O. The van der Waals surface area contributed by atoms with E-state index in [4.69, 9.17) is 5.11 Å². The number of carboxylic acid groups (broad SMARTS) is 1. The van der Waals surface area contributed by atoms with Crippen molar-refractivity contribution in [3.05, 3.63) is 18.6 Å². The minimum atomic E-state index is -0.781. The summed E-state index contributed by atoms with van der Waals surface area (Å²) >= 11 is 0. The van der Waals surface area contributed by atoms with E-state index < -0.39 is 11.9 Å². The van der Waals surface area contributed by atoms with E-state index in [-0.39, 0.29) is 5.41 Å². The molecule has 5 nitrogen and oxygen atoms in total. The second kappa shape index (κ2) is 5.61. The third kappa shape index (κ3) is 5.29. The van der Waals surface area contributed by atoms with E-state index >= 15 is 0 Å². The Morgan fingerprint density at radius 1 is 1.47 bits per heavy atom. The number of rotatable bonds is 5. The number of carboxylic acids is 1. The summed E-state index contributed by atoms with van der Waals surface area (Å²) in [5.74, 6) is -0.596. The highest BCUT2D eigenvalue weighted by atomic mass is 16.4. The van der Waals surface area contributed by atoms with Gasteiger partial charge in [-0.05, 0) is 11.8 Å². The molecule has 0 aliphatic heterocycles. The number of hydrogen-bond donors (Lipinski definition) is 2. The standard InChI is InChI=1S/C12H19N3O2/c1-12(2,3)6-9(11(16)17)7-15-10-8-13-4-5-14-10/h4-5,8-9H,6-7H2,1-3H3,(H,14,15)(H,16,17). The highest BCUT2D eigenvalue weighted by molar-refractivity contribution is 5.70. The minimum absolute atomic E-state index is 0.00684. The van der Waals surface area contributed by atoms with Gasteiger partial charge >= 0.3 is 5.97 Å². The Labute approximate surface area is 101 Å². The van der Waals surface area contributed by atoms with Gasteiger partial charge in [0, 0.05) is 18.9 Å². The van der Waals surface area contributed by atoms with Crippen LogP contribution in [0, 0.1) is 11.3 Å². The first-order valence-electron chi connectivity index (χ1n) is 5.61. The number of nitrogens with one attached hydrogen (secondary N) is 1. The average Bonchev–Trinajstić information content (AvgIpc) is 2.24. The molecule has 0 saturated heterocycles. The smallest absolute Gasteiger partial charge is 0.308 e. The Kier molecular flexibility index (Phi) is 4.43. The molecule has 0 amide bonds. The van der Waals surface area contributed by atoms with E-state index in [0.717, 1.165) is 0 Å². The Balaban J connectivity index is 2.54. The third-order valence-corrected chi connectivity index (χ3v) is 2.30. The van der Waals surface area contributed by atoms with Crippen LogP contribution in [0.5, 0.6) is 0 Å². The molecule has 1 aromatic heterocycles. The second-order valence-electron chi connectivity index (χ2n) is 5.27. The summed E-state index contributed by atoms with van der Waals surface area (Å²) in [4.78, 5) is 19.1. The first-order valence-corrected chi connectivity index (χ1v) is 5.61. The van der Waals surface area contributed by atoms with Gasteiger partial charge in [-0.1, -0.05) is 20.8 Å². The van der Waals surface area contributed by atoms with Crippen molar-refractivity contribution in [1.29, 1.82) is 0 Å². The molecule has 0 aromatic carbocycles. The molecule has 1 aromatic rings. The van der Waals surface area contributed by atoms with Crippen LogP contribution in [-0.2, 0) is 4.79 Å². The highest BCUT2D eigenvalue weighted by Gasteiger charge is 2.24. The Hall–Kier alpha value is -1.65. The fourth-order valence-corrected chi connectivity index (χ4v) is 1.60. The molecule has 0 radical (unpaired) electrons. The molecule has 1 atom stereocenters. The summed E-state index contributed by atoms with van der Waals surface area (Å²) < 4.78 is 0. The van der Waals surface area contributed by atoms with E-state index in [1.807, 2.05) is 20.8 Å². The van der Waals surface area contributed by atoms with Crippen molar-refractivity contribution in [2.45, 2.75) is 27.2 Å². The lowest BCUT2D eigenvalue weighted by Gasteiger charge is -2.23. The van der Waals surface area contributed by atoms with Gasteiger partial charge in [0.15, 0.2) is 0 Å². The van der Waals surface area contributed by atoms with E-state index in [1.165, 1.54) is 0 Å². The average molecular weight is 237 g/mol. The van der Waals surface area contributed by atoms with Gasteiger partial charge in [0.1, 0.15) is 5.82 Å². The zero-order valence-electron chi connectivity index (χ0n) is 10.5. The van der Waals surface area contributed by atoms with Crippen LogP contribution in [-0.4, -0.2) is 27.6 Å².